The number of anilines is 1. The monoisotopic (exact) mass is 317 g/mol. The van der Waals surface area contributed by atoms with E-state index < -0.39 is 0 Å². The SMILES string of the molecule is COc1ccccc1N1CCC(NC(=O)c2cncs2)CC1. The number of aromatic nitrogens is 1. The molecule has 3 rings (SSSR count). The summed E-state index contributed by atoms with van der Waals surface area (Å²) >= 11 is 1.37. The Morgan fingerprint density at radius 1 is 1.36 bits per heavy atom. The van der Waals surface area contributed by atoms with Crippen LogP contribution in [0.5, 0.6) is 5.75 Å². The molecule has 2 aromatic rings. The van der Waals surface area contributed by atoms with Crippen LogP contribution in [0.4, 0.5) is 5.69 Å². The highest BCUT2D eigenvalue weighted by atomic mass is 32.1. The zero-order chi connectivity index (χ0) is 15.4. The Labute approximate surface area is 133 Å². The minimum Gasteiger partial charge on any atom is -0.495 e. The van der Waals surface area contributed by atoms with Crippen molar-refractivity contribution in [3.05, 3.63) is 40.8 Å². The zero-order valence-electron chi connectivity index (χ0n) is 12.5. The van der Waals surface area contributed by atoms with E-state index in [0.29, 0.717) is 4.88 Å². The van der Waals surface area contributed by atoms with Crippen molar-refractivity contribution in [1.29, 1.82) is 0 Å². The molecule has 1 fully saturated rings. The molecule has 6 heteroatoms. The fraction of sp³-hybridized carbons (Fsp3) is 0.375. The Morgan fingerprint density at radius 3 is 2.82 bits per heavy atom. The van der Waals surface area contributed by atoms with E-state index >= 15 is 0 Å². The van der Waals surface area contributed by atoms with Gasteiger partial charge in [-0.3, -0.25) is 9.78 Å². The minimum absolute atomic E-state index is 0.0155. The average molecular weight is 317 g/mol. The van der Waals surface area contributed by atoms with Gasteiger partial charge in [-0.15, -0.1) is 11.3 Å². The summed E-state index contributed by atoms with van der Waals surface area (Å²) in [7, 11) is 1.70. The maximum Gasteiger partial charge on any atom is 0.263 e. The number of carbonyl (C=O) groups is 1. The van der Waals surface area contributed by atoms with Crippen molar-refractivity contribution >= 4 is 22.9 Å². The quantitative estimate of drug-likeness (QED) is 0.941. The van der Waals surface area contributed by atoms with Gasteiger partial charge < -0.3 is 15.0 Å². The molecule has 1 aromatic heterocycles. The van der Waals surface area contributed by atoms with Gasteiger partial charge in [-0.25, -0.2) is 0 Å². The fourth-order valence-electron chi connectivity index (χ4n) is 2.74. The van der Waals surface area contributed by atoms with Gasteiger partial charge in [0.05, 0.1) is 24.5 Å². The number of para-hydroxylation sites is 2. The van der Waals surface area contributed by atoms with E-state index in [4.69, 9.17) is 4.74 Å². The van der Waals surface area contributed by atoms with Gasteiger partial charge in [0.15, 0.2) is 0 Å². The molecule has 22 heavy (non-hydrogen) atoms. The first-order chi connectivity index (χ1) is 10.8. The average Bonchev–Trinajstić information content (AvgIpc) is 3.10. The molecule has 116 valence electrons. The van der Waals surface area contributed by atoms with Crippen LogP contribution in [0.15, 0.2) is 36.0 Å². The lowest BCUT2D eigenvalue weighted by Gasteiger charge is -2.34. The number of piperidine rings is 1. The van der Waals surface area contributed by atoms with Crippen molar-refractivity contribution in [2.24, 2.45) is 0 Å². The summed E-state index contributed by atoms with van der Waals surface area (Å²) < 4.78 is 5.42. The van der Waals surface area contributed by atoms with Gasteiger partial charge >= 0.3 is 0 Å². The van der Waals surface area contributed by atoms with Crippen LogP contribution in [0.1, 0.15) is 22.5 Å². The van der Waals surface area contributed by atoms with Crippen LogP contribution >= 0.6 is 11.3 Å². The zero-order valence-corrected chi connectivity index (χ0v) is 13.3. The van der Waals surface area contributed by atoms with E-state index in [2.05, 4.69) is 21.3 Å². The summed E-state index contributed by atoms with van der Waals surface area (Å²) in [6.07, 6.45) is 3.48. The highest BCUT2D eigenvalue weighted by Gasteiger charge is 2.23. The topological polar surface area (TPSA) is 54.5 Å². The van der Waals surface area contributed by atoms with Crippen LogP contribution in [0.3, 0.4) is 0 Å². The molecule has 0 atom stereocenters. The minimum atomic E-state index is -0.0155. The molecule has 1 aromatic carbocycles. The largest absolute Gasteiger partial charge is 0.495 e. The lowest BCUT2D eigenvalue weighted by molar-refractivity contribution is 0.0935. The first-order valence-electron chi connectivity index (χ1n) is 7.35. The molecule has 0 radical (unpaired) electrons. The molecular formula is C16H19N3O2S. The molecule has 1 aliphatic rings. The summed E-state index contributed by atoms with van der Waals surface area (Å²) in [6.45, 7) is 1.82. The molecule has 0 aliphatic carbocycles. The number of ether oxygens (including phenoxy) is 1. The maximum absolute atomic E-state index is 12.1. The van der Waals surface area contributed by atoms with Gasteiger partial charge in [0.1, 0.15) is 10.6 Å². The molecule has 5 nitrogen and oxygen atoms in total. The van der Waals surface area contributed by atoms with Gasteiger partial charge in [-0.2, -0.15) is 0 Å². The Balaban J connectivity index is 1.57. The van der Waals surface area contributed by atoms with Crippen LogP contribution in [-0.2, 0) is 0 Å². The summed E-state index contributed by atoms with van der Waals surface area (Å²) in [5.74, 6) is 0.882. The molecule has 0 bridgehead atoms. The molecular weight excluding hydrogens is 298 g/mol. The number of methoxy groups -OCH3 is 1. The number of nitrogens with zero attached hydrogens (tertiary/aromatic N) is 2. The van der Waals surface area contributed by atoms with E-state index in [1.54, 1.807) is 18.8 Å². The maximum atomic E-state index is 12.1. The molecule has 1 N–H and O–H groups in total. The van der Waals surface area contributed by atoms with Crippen LogP contribution in [0.2, 0.25) is 0 Å². The summed E-state index contributed by atoms with van der Waals surface area (Å²) in [4.78, 5) is 19.0. The fourth-order valence-corrected chi connectivity index (χ4v) is 3.26. The number of thiazole rings is 1. The Hall–Kier alpha value is -2.08. The van der Waals surface area contributed by atoms with Crippen molar-refractivity contribution < 1.29 is 9.53 Å². The van der Waals surface area contributed by atoms with Crippen LogP contribution in [0.25, 0.3) is 0 Å². The molecule has 0 spiro atoms. The van der Waals surface area contributed by atoms with E-state index in [1.807, 2.05) is 18.2 Å². The van der Waals surface area contributed by atoms with E-state index in [0.717, 1.165) is 37.4 Å². The number of nitrogens with one attached hydrogen (secondary N) is 1. The molecule has 1 aliphatic heterocycles. The standard InChI is InChI=1S/C16H19N3O2S/c1-21-14-5-3-2-4-13(14)19-8-6-12(7-9-19)18-16(20)15-10-17-11-22-15/h2-5,10-12H,6-9H2,1H3,(H,18,20). The van der Waals surface area contributed by atoms with Crippen LogP contribution in [0, 0.1) is 0 Å². The third kappa shape index (κ3) is 3.22. The van der Waals surface area contributed by atoms with Crippen LogP contribution < -0.4 is 15.0 Å². The second-order valence-corrected chi connectivity index (χ2v) is 6.16. The molecule has 0 saturated carbocycles. The normalized spacial score (nSPS) is 15.6. The third-order valence-electron chi connectivity index (χ3n) is 3.91. The van der Waals surface area contributed by atoms with Crippen molar-refractivity contribution in [2.45, 2.75) is 18.9 Å². The third-order valence-corrected chi connectivity index (χ3v) is 4.68. The summed E-state index contributed by atoms with van der Waals surface area (Å²) in [5, 5.41) is 3.10. The van der Waals surface area contributed by atoms with E-state index in [-0.39, 0.29) is 11.9 Å². The van der Waals surface area contributed by atoms with E-state index in [1.165, 1.54) is 11.3 Å². The molecule has 1 amide bonds. The van der Waals surface area contributed by atoms with E-state index in [9.17, 15) is 4.79 Å². The van der Waals surface area contributed by atoms with Gasteiger partial charge in [-0.05, 0) is 25.0 Å². The first-order valence-corrected chi connectivity index (χ1v) is 8.23. The number of benzene rings is 1. The summed E-state index contributed by atoms with van der Waals surface area (Å²) in [5.41, 5.74) is 2.80. The number of hydrogen-bond donors (Lipinski definition) is 1. The number of rotatable bonds is 4. The first kappa shape index (κ1) is 14.8. The van der Waals surface area contributed by atoms with Crippen molar-refractivity contribution in [3.63, 3.8) is 0 Å². The molecule has 0 unspecified atom stereocenters. The summed E-state index contributed by atoms with van der Waals surface area (Å²) in [6, 6.07) is 8.28. The van der Waals surface area contributed by atoms with Crippen molar-refractivity contribution in [2.75, 3.05) is 25.1 Å². The predicted molar refractivity (Wildman–Crippen MR) is 87.8 cm³/mol. The highest BCUT2D eigenvalue weighted by Crippen LogP contribution is 2.29. The molecule has 1 saturated heterocycles. The lowest BCUT2D eigenvalue weighted by atomic mass is 10.0. The number of amides is 1. The van der Waals surface area contributed by atoms with Gasteiger partial charge in [0.2, 0.25) is 0 Å². The Morgan fingerprint density at radius 2 is 2.14 bits per heavy atom. The Kier molecular flexibility index (Phi) is 4.58. The Bertz CT molecular complexity index is 622. The number of hydrogen-bond acceptors (Lipinski definition) is 5. The second-order valence-electron chi connectivity index (χ2n) is 5.27. The van der Waals surface area contributed by atoms with Gasteiger partial charge in [0, 0.05) is 19.1 Å². The van der Waals surface area contributed by atoms with Crippen LogP contribution in [-0.4, -0.2) is 37.1 Å². The van der Waals surface area contributed by atoms with Gasteiger partial charge in [-0.1, -0.05) is 12.1 Å². The number of carbonyl (C=O) groups excluding carboxylic acids is 1. The lowest BCUT2D eigenvalue weighted by Crippen LogP contribution is -2.44. The second kappa shape index (κ2) is 6.79. The van der Waals surface area contributed by atoms with Crippen molar-refractivity contribution in [3.8, 4) is 5.75 Å². The highest BCUT2D eigenvalue weighted by molar-refractivity contribution is 7.11. The van der Waals surface area contributed by atoms with Gasteiger partial charge in [0.25, 0.3) is 5.91 Å². The molecule has 2 heterocycles. The van der Waals surface area contributed by atoms with Crippen molar-refractivity contribution in [1.82, 2.24) is 10.3 Å². The predicted octanol–water partition coefficient (Wildman–Crippen LogP) is 2.55. The smallest absolute Gasteiger partial charge is 0.263 e.